The van der Waals surface area contributed by atoms with Crippen molar-refractivity contribution in [3.8, 4) is 0 Å². The van der Waals surface area contributed by atoms with Crippen LogP contribution in [0.25, 0.3) is 0 Å². The van der Waals surface area contributed by atoms with E-state index < -0.39 is 18.0 Å². The second-order valence-electron chi connectivity index (χ2n) is 5.09. The molecule has 1 aromatic carbocycles. The van der Waals surface area contributed by atoms with Crippen LogP contribution in [0.15, 0.2) is 24.3 Å². The van der Waals surface area contributed by atoms with E-state index in [4.69, 9.17) is 9.84 Å². The van der Waals surface area contributed by atoms with Crippen LogP contribution in [-0.2, 0) is 20.9 Å². The van der Waals surface area contributed by atoms with Gasteiger partial charge in [0.15, 0.2) is 0 Å². The predicted molar refractivity (Wildman–Crippen MR) is 75.2 cm³/mol. The molecule has 0 amide bonds. The molecule has 5 nitrogen and oxygen atoms in total. The van der Waals surface area contributed by atoms with Crippen LogP contribution in [0.1, 0.15) is 25.0 Å². The van der Waals surface area contributed by atoms with Gasteiger partial charge in [-0.05, 0) is 18.4 Å². The lowest BCUT2D eigenvalue weighted by Gasteiger charge is -2.17. The number of esters is 1. The van der Waals surface area contributed by atoms with Crippen LogP contribution in [0.3, 0.4) is 0 Å². The summed E-state index contributed by atoms with van der Waals surface area (Å²) in [4.78, 5) is 22.5. The van der Waals surface area contributed by atoms with Gasteiger partial charge in [0.05, 0.1) is 6.54 Å². The highest BCUT2D eigenvalue weighted by Crippen LogP contribution is 2.05. The van der Waals surface area contributed by atoms with Gasteiger partial charge >= 0.3 is 11.9 Å². The summed E-state index contributed by atoms with van der Waals surface area (Å²) in [6.07, 6.45) is 0. The number of ether oxygens (including phenoxy) is 1. The van der Waals surface area contributed by atoms with E-state index in [1.54, 1.807) is 13.8 Å². The lowest BCUT2D eigenvalue weighted by atomic mass is 10.1. The Morgan fingerprint density at radius 1 is 1.25 bits per heavy atom. The lowest BCUT2D eigenvalue weighted by molar-refractivity contribution is -0.145. The maximum atomic E-state index is 11.6. The molecule has 5 heteroatoms. The average Bonchev–Trinajstić information content (AvgIpc) is 2.37. The van der Waals surface area contributed by atoms with E-state index in [-0.39, 0.29) is 19.1 Å². The Morgan fingerprint density at radius 3 is 2.35 bits per heavy atom. The summed E-state index contributed by atoms with van der Waals surface area (Å²) < 4.78 is 5.08. The summed E-state index contributed by atoms with van der Waals surface area (Å²) in [6.45, 7) is 5.63. The Balaban J connectivity index is 2.36. The smallest absolute Gasteiger partial charge is 0.320 e. The van der Waals surface area contributed by atoms with Gasteiger partial charge in [0.1, 0.15) is 12.6 Å². The zero-order valence-electron chi connectivity index (χ0n) is 12.1. The number of carboxylic acids is 1. The summed E-state index contributed by atoms with van der Waals surface area (Å²) in [7, 11) is 0. The highest BCUT2D eigenvalue weighted by Gasteiger charge is 2.21. The summed E-state index contributed by atoms with van der Waals surface area (Å²) in [5, 5.41) is 11.7. The number of carboxylic acid groups (broad SMARTS) is 1. The standard InChI is InChI=1S/C15H21NO4/c1-10(2)14(15(18)19)16-8-13(17)20-9-12-6-4-11(3)5-7-12/h4-7,10,14,16H,8-9H2,1-3H3,(H,18,19)/t14-/m0/s1. The number of hydrogen-bond donors (Lipinski definition) is 2. The summed E-state index contributed by atoms with van der Waals surface area (Å²) in [5.74, 6) is -1.53. The zero-order chi connectivity index (χ0) is 15.1. The van der Waals surface area contributed by atoms with E-state index in [0.717, 1.165) is 11.1 Å². The number of rotatable bonds is 7. The van der Waals surface area contributed by atoms with Gasteiger partial charge in [0.2, 0.25) is 0 Å². The summed E-state index contributed by atoms with van der Waals surface area (Å²) in [6, 6.07) is 6.93. The highest BCUT2D eigenvalue weighted by atomic mass is 16.5. The molecular weight excluding hydrogens is 258 g/mol. The van der Waals surface area contributed by atoms with Gasteiger partial charge < -0.3 is 9.84 Å². The number of hydrogen-bond acceptors (Lipinski definition) is 4. The average molecular weight is 279 g/mol. The van der Waals surface area contributed by atoms with Crippen LogP contribution >= 0.6 is 0 Å². The number of carbonyl (C=O) groups is 2. The maximum Gasteiger partial charge on any atom is 0.320 e. The molecule has 20 heavy (non-hydrogen) atoms. The largest absolute Gasteiger partial charge is 0.480 e. The van der Waals surface area contributed by atoms with Crippen molar-refractivity contribution in [2.24, 2.45) is 5.92 Å². The second kappa shape index (κ2) is 7.65. The van der Waals surface area contributed by atoms with E-state index in [1.165, 1.54) is 0 Å². The molecule has 2 N–H and O–H groups in total. The number of aryl methyl sites for hydroxylation is 1. The third-order valence-electron chi connectivity index (χ3n) is 2.92. The first-order chi connectivity index (χ1) is 9.40. The number of aliphatic carboxylic acids is 1. The molecule has 0 heterocycles. The first kappa shape index (κ1) is 16.2. The minimum absolute atomic E-state index is 0.0996. The van der Waals surface area contributed by atoms with Gasteiger partial charge in [-0.2, -0.15) is 0 Å². The highest BCUT2D eigenvalue weighted by molar-refractivity contribution is 5.76. The lowest BCUT2D eigenvalue weighted by Crippen LogP contribution is -2.43. The fraction of sp³-hybridized carbons (Fsp3) is 0.467. The van der Waals surface area contributed by atoms with Crippen molar-refractivity contribution in [1.82, 2.24) is 5.32 Å². The third-order valence-corrected chi connectivity index (χ3v) is 2.92. The Hall–Kier alpha value is -1.88. The van der Waals surface area contributed by atoms with Crippen LogP contribution in [0.2, 0.25) is 0 Å². The molecule has 110 valence electrons. The van der Waals surface area contributed by atoms with E-state index in [1.807, 2.05) is 31.2 Å². The normalized spacial score (nSPS) is 12.2. The van der Waals surface area contributed by atoms with Crippen LogP contribution in [0.4, 0.5) is 0 Å². The molecule has 0 saturated heterocycles. The summed E-state index contributed by atoms with van der Waals surface area (Å²) >= 11 is 0. The molecule has 1 atom stereocenters. The monoisotopic (exact) mass is 279 g/mol. The van der Waals surface area contributed by atoms with Crippen LogP contribution in [-0.4, -0.2) is 29.6 Å². The first-order valence-corrected chi connectivity index (χ1v) is 6.57. The fourth-order valence-electron chi connectivity index (χ4n) is 1.70. The Morgan fingerprint density at radius 2 is 1.85 bits per heavy atom. The van der Waals surface area contributed by atoms with Gasteiger partial charge in [-0.3, -0.25) is 14.9 Å². The summed E-state index contributed by atoms with van der Waals surface area (Å²) in [5.41, 5.74) is 2.05. The molecule has 0 aliphatic rings. The number of nitrogens with one attached hydrogen (secondary N) is 1. The predicted octanol–water partition coefficient (Wildman–Crippen LogP) is 1.74. The molecule has 0 aromatic heterocycles. The van der Waals surface area contributed by atoms with E-state index in [2.05, 4.69) is 5.32 Å². The zero-order valence-corrected chi connectivity index (χ0v) is 12.1. The first-order valence-electron chi connectivity index (χ1n) is 6.57. The van der Waals surface area contributed by atoms with Gasteiger partial charge in [0.25, 0.3) is 0 Å². The minimum atomic E-state index is -0.966. The molecule has 0 spiro atoms. The molecule has 1 aromatic rings. The number of benzene rings is 1. The molecule has 0 saturated carbocycles. The maximum absolute atomic E-state index is 11.6. The van der Waals surface area contributed by atoms with Crippen molar-refractivity contribution >= 4 is 11.9 Å². The fourth-order valence-corrected chi connectivity index (χ4v) is 1.70. The van der Waals surface area contributed by atoms with Crippen molar-refractivity contribution in [3.05, 3.63) is 35.4 Å². The Labute approximate surface area is 118 Å². The van der Waals surface area contributed by atoms with E-state index in [9.17, 15) is 9.59 Å². The minimum Gasteiger partial charge on any atom is -0.480 e. The van der Waals surface area contributed by atoms with Crippen molar-refractivity contribution in [2.45, 2.75) is 33.4 Å². The van der Waals surface area contributed by atoms with E-state index >= 15 is 0 Å². The Bertz CT molecular complexity index is 453. The van der Waals surface area contributed by atoms with Gasteiger partial charge in [-0.1, -0.05) is 43.7 Å². The van der Waals surface area contributed by atoms with Crippen molar-refractivity contribution in [3.63, 3.8) is 0 Å². The van der Waals surface area contributed by atoms with Gasteiger partial charge in [0, 0.05) is 0 Å². The van der Waals surface area contributed by atoms with Crippen molar-refractivity contribution in [2.75, 3.05) is 6.54 Å². The molecule has 0 aliphatic carbocycles. The molecule has 0 unspecified atom stereocenters. The van der Waals surface area contributed by atoms with Gasteiger partial charge in [-0.15, -0.1) is 0 Å². The van der Waals surface area contributed by atoms with Crippen LogP contribution in [0.5, 0.6) is 0 Å². The quantitative estimate of drug-likeness (QED) is 0.743. The molecule has 0 aliphatic heterocycles. The molecule has 0 fully saturated rings. The van der Waals surface area contributed by atoms with Crippen LogP contribution in [0, 0.1) is 12.8 Å². The molecule has 0 bridgehead atoms. The molecule has 1 rings (SSSR count). The Kier molecular flexibility index (Phi) is 6.18. The van der Waals surface area contributed by atoms with E-state index in [0.29, 0.717) is 0 Å². The van der Waals surface area contributed by atoms with Gasteiger partial charge in [-0.25, -0.2) is 0 Å². The SMILES string of the molecule is Cc1ccc(COC(=O)CN[C@H](C(=O)O)C(C)C)cc1. The topological polar surface area (TPSA) is 75.6 Å². The van der Waals surface area contributed by atoms with Crippen LogP contribution < -0.4 is 5.32 Å². The second-order valence-corrected chi connectivity index (χ2v) is 5.09. The molecular formula is C15H21NO4. The number of carbonyl (C=O) groups excluding carboxylic acids is 1. The van der Waals surface area contributed by atoms with Crippen molar-refractivity contribution in [1.29, 1.82) is 0 Å². The third kappa shape index (κ3) is 5.40. The van der Waals surface area contributed by atoms with Crippen molar-refractivity contribution < 1.29 is 19.4 Å². The molecule has 0 radical (unpaired) electrons.